The van der Waals surface area contributed by atoms with Crippen molar-refractivity contribution in [2.45, 2.75) is 6.92 Å². The molecule has 1 aromatic heterocycles. The number of H-pyrrole nitrogens is 1. The summed E-state index contributed by atoms with van der Waals surface area (Å²) in [4.78, 5) is 14.8. The van der Waals surface area contributed by atoms with Gasteiger partial charge in [0.25, 0.3) is 0 Å². The molecule has 3 rings (SSSR count). The van der Waals surface area contributed by atoms with Crippen LogP contribution >= 0.6 is 0 Å². The molecule has 4 heteroatoms. The lowest BCUT2D eigenvalue weighted by Gasteiger charge is -2.05. The van der Waals surface area contributed by atoms with Gasteiger partial charge < -0.3 is 10.1 Å². The van der Waals surface area contributed by atoms with Gasteiger partial charge in [-0.15, -0.1) is 0 Å². The lowest BCUT2D eigenvalue weighted by atomic mass is 10.2. The molecule has 0 fully saturated rings. The first-order chi connectivity index (χ1) is 8.66. The summed E-state index contributed by atoms with van der Waals surface area (Å²) in [6, 6.07) is 12.5. The van der Waals surface area contributed by atoms with Crippen LogP contribution in [0.15, 0.2) is 47.3 Å². The second-order valence-electron chi connectivity index (χ2n) is 4.27. The lowest BCUT2D eigenvalue weighted by Crippen LogP contribution is -2.14. The second-order valence-corrected chi connectivity index (χ2v) is 4.27. The molecular formula is C14H12N2O2. The van der Waals surface area contributed by atoms with Gasteiger partial charge in [-0.2, -0.15) is 0 Å². The van der Waals surface area contributed by atoms with Gasteiger partial charge in [0.05, 0.1) is 16.7 Å². The zero-order valence-electron chi connectivity index (χ0n) is 9.84. The number of aromatic amines is 1. The van der Waals surface area contributed by atoms with E-state index in [9.17, 15) is 9.90 Å². The van der Waals surface area contributed by atoms with Gasteiger partial charge in [-0.1, -0.05) is 18.2 Å². The average molecular weight is 240 g/mol. The molecule has 0 unspecified atom stereocenters. The minimum absolute atomic E-state index is 0.0843. The summed E-state index contributed by atoms with van der Waals surface area (Å²) in [5.74, 6) is 0.0843. The number of rotatable bonds is 1. The van der Waals surface area contributed by atoms with Gasteiger partial charge in [0.15, 0.2) is 0 Å². The van der Waals surface area contributed by atoms with E-state index in [-0.39, 0.29) is 11.4 Å². The number of imidazole rings is 1. The van der Waals surface area contributed by atoms with Crippen molar-refractivity contribution in [1.82, 2.24) is 9.55 Å². The molecule has 0 aliphatic carbocycles. The van der Waals surface area contributed by atoms with Gasteiger partial charge in [0.1, 0.15) is 5.75 Å². The maximum atomic E-state index is 12.0. The number of phenolic OH excluding ortho intramolecular Hbond substituents is 1. The third-order valence-corrected chi connectivity index (χ3v) is 2.96. The van der Waals surface area contributed by atoms with Gasteiger partial charge in [0.2, 0.25) is 0 Å². The predicted octanol–water partition coefficient (Wildman–Crippen LogP) is 2.33. The number of fused-ring (bicyclic) bond motifs is 1. The van der Waals surface area contributed by atoms with Crippen LogP contribution in [0.3, 0.4) is 0 Å². The number of hydrogen-bond acceptors (Lipinski definition) is 2. The van der Waals surface area contributed by atoms with E-state index in [4.69, 9.17) is 0 Å². The van der Waals surface area contributed by atoms with Crippen molar-refractivity contribution in [3.05, 3.63) is 58.5 Å². The van der Waals surface area contributed by atoms with Gasteiger partial charge in [-0.05, 0) is 36.8 Å². The van der Waals surface area contributed by atoms with Crippen LogP contribution in [0.25, 0.3) is 16.7 Å². The van der Waals surface area contributed by atoms with Gasteiger partial charge in [-0.3, -0.25) is 4.57 Å². The van der Waals surface area contributed by atoms with Crippen molar-refractivity contribution in [1.29, 1.82) is 0 Å². The first kappa shape index (κ1) is 10.7. The first-order valence-corrected chi connectivity index (χ1v) is 5.66. The number of hydrogen-bond donors (Lipinski definition) is 2. The number of aromatic nitrogens is 2. The van der Waals surface area contributed by atoms with E-state index in [0.717, 1.165) is 16.6 Å². The van der Waals surface area contributed by atoms with E-state index >= 15 is 0 Å². The van der Waals surface area contributed by atoms with E-state index in [2.05, 4.69) is 4.98 Å². The molecule has 4 nitrogen and oxygen atoms in total. The van der Waals surface area contributed by atoms with Crippen LogP contribution in [-0.2, 0) is 0 Å². The van der Waals surface area contributed by atoms with Crippen molar-refractivity contribution >= 4 is 11.0 Å². The van der Waals surface area contributed by atoms with E-state index in [1.807, 2.05) is 25.1 Å². The molecule has 90 valence electrons. The van der Waals surface area contributed by atoms with Gasteiger partial charge in [0, 0.05) is 0 Å². The normalized spacial score (nSPS) is 10.9. The molecule has 0 aliphatic rings. The zero-order chi connectivity index (χ0) is 12.7. The average Bonchev–Trinajstić information content (AvgIpc) is 2.65. The minimum Gasteiger partial charge on any atom is -0.506 e. The van der Waals surface area contributed by atoms with E-state index in [1.165, 1.54) is 4.57 Å². The maximum Gasteiger partial charge on any atom is 0.331 e. The van der Waals surface area contributed by atoms with Gasteiger partial charge in [-0.25, -0.2) is 4.79 Å². The van der Waals surface area contributed by atoms with Crippen LogP contribution in [0.4, 0.5) is 0 Å². The quantitative estimate of drug-likeness (QED) is 0.685. The molecule has 0 radical (unpaired) electrons. The fourth-order valence-electron chi connectivity index (χ4n) is 2.12. The molecule has 2 N–H and O–H groups in total. The molecule has 0 atom stereocenters. The molecule has 18 heavy (non-hydrogen) atoms. The zero-order valence-corrected chi connectivity index (χ0v) is 9.84. The molecule has 0 aliphatic heterocycles. The van der Waals surface area contributed by atoms with E-state index in [0.29, 0.717) is 5.69 Å². The Morgan fingerprint density at radius 2 is 1.94 bits per heavy atom. The topological polar surface area (TPSA) is 58.0 Å². The highest BCUT2D eigenvalue weighted by molar-refractivity contribution is 5.78. The largest absolute Gasteiger partial charge is 0.506 e. The molecule has 2 aromatic carbocycles. The third-order valence-electron chi connectivity index (χ3n) is 2.96. The summed E-state index contributed by atoms with van der Waals surface area (Å²) < 4.78 is 1.48. The highest BCUT2D eigenvalue weighted by atomic mass is 16.3. The van der Waals surface area contributed by atoms with Crippen molar-refractivity contribution in [2.24, 2.45) is 0 Å². The number of phenols is 1. The Morgan fingerprint density at radius 3 is 2.72 bits per heavy atom. The van der Waals surface area contributed by atoms with Crippen LogP contribution in [0.5, 0.6) is 5.75 Å². The molecule has 0 spiro atoms. The summed E-state index contributed by atoms with van der Waals surface area (Å²) in [5.41, 5.74) is 2.83. The number of nitrogens with one attached hydrogen (secondary N) is 1. The van der Waals surface area contributed by atoms with E-state index < -0.39 is 0 Å². The summed E-state index contributed by atoms with van der Waals surface area (Å²) in [6.07, 6.45) is 0. The summed E-state index contributed by atoms with van der Waals surface area (Å²) in [7, 11) is 0. The standard InChI is InChI=1S/C14H12N2O2/c1-9-6-7-11-10(8-9)15-14(18)16(11)12-4-2-3-5-13(12)17/h2-8,17H,1H3,(H,15,18). The maximum absolute atomic E-state index is 12.0. The van der Waals surface area contributed by atoms with Gasteiger partial charge >= 0.3 is 5.69 Å². The number of benzene rings is 2. The first-order valence-electron chi connectivity index (χ1n) is 5.66. The summed E-state index contributed by atoms with van der Waals surface area (Å²) in [6.45, 7) is 1.97. The Bertz CT molecular complexity index is 784. The molecule has 0 saturated carbocycles. The number of aryl methyl sites for hydroxylation is 1. The molecule has 1 heterocycles. The van der Waals surface area contributed by atoms with Crippen molar-refractivity contribution < 1.29 is 5.11 Å². The molecule has 0 bridgehead atoms. The van der Waals surface area contributed by atoms with E-state index in [1.54, 1.807) is 24.3 Å². The number of aromatic hydroxyl groups is 1. The Labute approximate surface area is 103 Å². The van der Waals surface area contributed by atoms with Crippen LogP contribution < -0.4 is 5.69 Å². The number of para-hydroxylation sites is 2. The lowest BCUT2D eigenvalue weighted by molar-refractivity contribution is 0.472. The molecule has 0 saturated heterocycles. The fraction of sp³-hybridized carbons (Fsp3) is 0.0714. The monoisotopic (exact) mass is 240 g/mol. The third kappa shape index (κ3) is 1.50. The Hall–Kier alpha value is -2.49. The van der Waals surface area contributed by atoms with Crippen LogP contribution in [-0.4, -0.2) is 14.7 Å². The smallest absolute Gasteiger partial charge is 0.331 e. The Kier molecular flexibility index (Phi) is 2.23. The Morgan fingerprint density at radius 1 is 1.17 bits per heavy atom. The Balaban J connectivity index is 2.40. The van der Waals surface area contributed by atoms with Crippen molar-refractivity contribution in [2.75, 3.05) is 0 Å². The SMILES string of the molecule is Cc1ccc2c(c1)[nH]c(=O)n2-c1ccccc1O. The van der Waals surface area contributed by atoms with Crippen LogP contribution in [0.2, 0.25) is 0 Å². The molecule has 0 amide bonds. The number of nitrogens with zero attached hydrogens (tertiary/aromatic N) is 1. The van der Waals surface area contributed by atoms with Crippen LogP contribution in [0.1, 0.15) is 5.56 Å². The minimum atomic E-state index is -0.253. The van der Waals surface area contributed by atoms with Crippen molar-refractivity contribution in [3.8, 4) is 11.4 Å². The van der Waals surface area contributed by atoms with Crippen molar-refractivity contribution in [3.63, 3.8) is 0 Å². The van der Waals surface area contributed by atoms with Crippen LogP contribution in [0, 0.1) is 6.92 Å². The second kappa shape index (κ2) is 3.77. The highest BCUT2D eigenvalue weighted by Crippen LogP contribution is 2.23. The predicted molar refractivity (Wildman–Crippen MR) is 70.3 cm³/mol. The summed E-state index contributed by atoms with van der Waals surface area (Å²) in [5, 5.41) is 9.85. The summed E-state index contributed by atoms with van der Waals surface area (Å²) >= 11 is 0. The highest BCUT2D eigenvalue weighted by Gasteiger charge is 2.11. The molecular weight excluding hydrogens is 228 g/mol. The molecule has 3 aromatic rings. The fourth-order valence-corrected chi connectivity index (χ4v) is 2.12.